The summed E-state index contributed by atoms with van der Waals surface area (Å²) in [5.74, 6) is -0.859. The molecule has 2 aromatic rings. The summed E-state index contributed by atoms with van der Waals surface area (Å²) in [5, 5.41) is 10.5. The van der Waals surface area contributed by atoms with Crippen molar-refractivity contribution in [1.82, 2.24) is 4.90 Å². The molecule has 3 nitrogen and oxygen atoms in total. The van der Waals surface area contributed by atoms with Crippen LogP contribution in [0.2, 0.25) is 0 Å². The van der Waals surface area contributed by atoms with Crippen LogP contribution in [-0.2, 0) is 6.42 Å². The van der Waals surface area contributed by atoms with Gasteiger partial charge in [-0.1, -0.05) is 50.4 Å². The fourth-order valence-corrected chi connectivity index (χ4v) is 5.35. The largest absolute Gasteiger partial charge is 0.478 e. The first-order valence-electron chi connectivity index (χ1n) is 8.07. The van der Waals surface area contributed by atoms with Crippen LogP contribution in [0.15, 0.2) is 54.6 Å². The number of nitrogens with zero attached hydrogens (tertiary/aromatic N) is 1. The van der Waals surface area contributed by atoms with E-state index in [-0.39, 0.29) is 7.92 Å². The second-order valence-corrected chi connectivity index (χ2v) is 8.41. The maximum atomic E-state index is 10.9. The molecule has 3 rings (SSSR count). The van der Waals surface area contributed by atoms with Gasteiger partial charge in [0.15, 0.2) is 0 Å². The molecule has 0 radical (unpaired) electrons. The van der Waals surface area contributed by atoms with Crippen LogP contribution in [0.5, 0.6) is 0 Å². The maximum absolute atomic E-state index is 10.9. The number of hydrogen-bond acceptors (Lipinski definition) is 2. The van der Waals surface area contributed by atoms with Crippen LogP contribution in [0.25, 0.3) is 0 Å². The first kappa shape index (κ1) is 16.2. The lowest BCUT2D eigenvalue weighted by Crippen LogP contribution is -2.36. The molecule has 0 amide bonds. The Balaban J connectivity index is 1.46. The fourth-order valence-electron chi connectivity index (χ4n) is 2.97. The third-order valence-corrected chi connectivity index (χ3v) is 6.92. The molecule has 1 heterocycles. The lowest BCUT2D eigenvalue weighted by Gasteiger charge is -2.32. The van der Waals surface area contributed by atoms with E-state index in [1.165, 1.54) is 36.3 Å². The van der Waals surface area contributed by atoms with Crippen LogP contribution in [0.3, 0.4) is 0 Å². The molecular weight excluding hydrogens is 305 g/mol. The van der Waals surface area contributed by atoms with Crippen molar-refractivity contribution in [3.05, 3.63) is 65.7 Å². The van der Waals surface area contributed by atoms with Crippen LogP contribution in [0.4, 0.5) is 0 Å². The van der Waals surface area contributed by atoms with Crippen LogP contribution >= 0.6 is 7.92 Å². The predicted molar refractivity (Wildman–Crippen MR) is 96.3 cm³/mol. The molecule has 2 aromatic carbocycles. The molecule has 1 N–H and O–H groups in total. The van der Waals surface area contributed by atoms with Gasteiger partial charge in [-0.2, -0.15) is 0 Å². The minimum Gasteiger partial charge on any atom is -0.478 e. The van der Waals surface area contributed by atoms with Gasteiger partial charge in [-0.3, -0.25) is 0 Å². The monoisotopic (exact) mass is 327 g/mol. The Morgan fingerprint density at radius 3 is 2.26 bits per heavy atom. The van der Waals surface area contributed by atoms with Gasteiger partial charge in [0.05, 0.1) is 5.56 Å². The van der Waals surface area contributed by atoms with E-state index in [0.717, 1.165) is 13.0 Å². The standard InChI is InChI=1S/C19H22NO2P/c21-19(22)17-8-6-16(7-9-17)10-11-20-12-14-23(15-13-20)18-4-2-1-3-5-18/h1-9H,10-15H2,(H,21,22). The predicted octanol–water partition coefficient (Wildman–Crippen LogP) is 3.05. The highest BCUT2D eigenvalue weighted by Gasteiger charge is 2.19. The Morgan fingerprint density at radius 2 is 1.65 bits per heavy atom. The van der Waals surface area contributed by atoms with Crippen molar-refractivity contribution in [2.45, 2.75) is 6.42 Å². The third kappa shape index (κ3) is 4.40. The zero-order valence-electron chi connectivity index (χ0n) is 13.2. The molecule has 120 valence electrons. The van der Waals surface area contributed by atoms with Gasteiger partial charge < -0.3 is 10.0 Å². The Morgan fingerprint density at radius 1 is 1.00 bits per heavy atom. The molecule has 0 bridgehead atoms. The topological polar surface area (TPSA) is 40.5 Å². The summed E-state index contributed by atoms with van der Waals surface area (Å²) in [5.41, 5.74) is 1.58. The average Bonchev–Trinajstić information content (AvgIpc) is 2.61. The summed E-state index contributed by atoms with van der Waals surface area (Å²) in [6.07, 6.45) is 3.57. The van der Waals surface area contributed by atoms with Crippen molar-refractivity contribution in [3.63, 3.8) is 0 Å². The van der Waals surface area contributed by atoms with Gasteiger partial charge in [-0.25, -0.2) is 4.79 Å². The van der Waals surface area contributed by atoms with Gasteiger partial charge >= 0.3 is 5.97 Å². The van der Waals surface area contributed by atoms with Gasteiger partial charge in [0.2, 0.25) is 0 Å². The summed E-state index contributed by atoms with van der Waals surface area (Å²) in [6, 6.07) is 18.2. The number of carboxylic acids is 1. The molecule has 0 atom stereocenters. The van der Waals surface area contributed by atoms with E-state index < -0.39 is 5.97 Å². The highest BCUT2D eigenvalue weighted by molar-refractivity contribution is 7.65. The molecule has 1 fully saturated rings. The second kappa shape index (κ2) is 7.72. The lowest BCUT2D eigenvalue weighted by molar-refractivity contribution is 0.0697. The van der Waals surface area contributed by atoms with Gasteiger partial charge in [-0.15, -0.1) is 0 Å². The van der Waals surface area contributed by atoms with Crippen molar-refractivity contribution in [3.8, 4) is 0 Å². The summed E-state index contributed by atoms with van der Waals surface area (Å²) in [7, 11) is 0.0230. The molecule has 0 unspecified atom stereocenters. The molecule has 0 aromatic heterocycles. The van der Waals surface area contributed by atoms with E-state index in [2.05, 4.69) is 35.2 Å². The van der Waals surface area contributed by atoms with Gasteiger partial charge in [-0.05, 0) is 41.7 Å². The van der Waals surface area contributed by atoms with Crippen LogP contribution in [0.1, 0.15) is 15.9 Å². The average molecular weight is 327 g/mol. The lowest BCUT2D eigenvalue weighted by atomic mass is 10.1. The van der Waals surface area contributed by atoms with E-state index in [9.17, 15) is 4.79 Å². The first-order valence-corrected chi connectivity index (χ1v) is 9.78. The molecule has 4 heteroatoms. The van der Waals surface area contributed by atoms with E-state index in [4.69, 9.17) is 5.11 Å². The molecule has 0 aliphatic carbocycles. The molecular formula is C19H22NO2P. The number of hydrogen-bond donors (Lipinski definition) is 1. The summed E-state index contributed by atoms with van der Waals surface area (Å²) < 4.78 is 0. The molecule has 1 aliphatic heterocycles. The van der Waals surface area contributed by atoms with Crippen molar-refractivity contribution in [2.75, 3.05) is 32.0 Å². The SMILES string of the molecule is O=C(O)c1ccc(CCN2CCP(c3ccccc3)CC2)cc1. The zero-order chi connectivity index (χ0) is 16.1. The molecule has 1 aliphatic rings. The van der Waals surface area contributed by atoms with E-state index >= 15 is 0 Å². The summed E-state index contributed by atoms with van der Waals surface area (Å²) in [4.78, 5) is 13.4. The van der Waals surface area contributed by atoms with Crippen molar-refractivity contribution in [1.29, 1.82) is 0 Å². The molecule has 0 spiro atoms. The number of carboxylic acid groups (broad SMARTS) is 1. The van der Waals surface area contributed by atoms with Crippen LogP contribution < -0.4 is 5.30 Å². The minimum atomic E-state index is -0.859. The van der Waals surface area contributed by atoms with E-state index in [0.29, 0.717) is 5.56 Å². The fraction of sp³-hybridized carbons (Fsp3) is 0.316. The van der Waals surface area contributed by atoms with Crippen molar-refractivity contribution >= 4 is 19.2 Å². The highest BCUT2D eigenvalue weighted by Crippen LogP contribution is 2.36. The number of aromatic carboxylic acids is 1. The molecule has 1 saturated heterocycles. The normalized spacial score (nSPS) is 16.3. The Labute approximate surface area is 138 Å². The second-order valence-electron chi connectivity index (χ2n) is 5.92. The minimum absolute atomic E-state index is 0.0230. The van der Waals surface area contributed by atoms with Gasteiger partial charge in [0.1, 0.15) is 0 Å². The molecule has 0 saturated carbocycles. The van der Waals surface area contributed by atoms with Crippen LogP contribution in [0, 0.1) is 0 Å². The van der Waals surface area contributed by atoms with Crippen LogP contribution in [-0.4, -0.2) is 47.9 Å². The number of carbonyl (C=O) groups is 1. The van der Waals surface area contributed by atoms with Crippen molar-refractivity contribution < 1.29 is 9.90 Å². The Bertz CT molecular complexity index is 634. The van der Waals surface area contributed by atoms with Crippen molar-refractivity contribution in [2.24, 2.45) is 0 Å². The van der Waals surface area contributed by atoms with Gasteiger partial charge in [0.25, 0.3) is 0 Å². The number of benzene rings is 2. The smallest absolute Gasteiger partial charge is 0.335 e. The third-order valence-electron chi connectivity index (χ3n) is 4.41. The maximum Gasteiger partial charge on any atom is 0.335 e. The molecule has 23 heavy (non-hydrogen) atoms. The van der Waals surface area contributed by atoms with Gasteiger partial charge in [0, 0.05) is 19.6 Å². The quantitative estimate of drug-likeness (QED) is 0.858. The van der Waals surface area contributed by atoms with E-state index in [1.54, 1.807) is 12.1 Å². The summed E-state index contributed by atoms with van der Waals surface area (Å²) in [6.45, 7) is 3.41. The number of rotatable bonds is 5. The summed E-state index contributed by atoms with van der Waals surface area (Å²) >= 11 is 0. The Kier molecular flexibility index (Phi) is 5.43. The van der Waals surface area contributed by atoms with E-state index in [1.807, 2.05) is 12.1 Å². The zero-order valence-corrected chi connectivity index (χ0v) is 14.1. The first-order chi connectivity index (χ1) is 11.2. The Hall–Kier alpha value is -1.70. The highest BCUT2D eigenvalue weighted by atomic mass is 31.1.